The maximum absolute atomic E-state index is 10.1. The number of aliphatic hydroxyl groups excluding tert-OH is 1. The Labute approximate surface area is 98.5 Å². The van der Waals surface area contributed by atoms with Gasteiger partial charge in [0.1, 0.15) is 0 Å². The Morgan fingerprint density at radius 2 is 2.00 bits per heavy atom. The molecule has 0 aliphatic carbocycles. The molecule has 0 aromatic carbocycles. The van der Waals surface area contributed by atoms with Gasteiger partial charge in [-0.25, -0.2) is 0 Å². The summed E-state index contributed by atoms with van der Waals surface area (Å²) in [6.45, 7) is 8.49. The molecule has 1 aromatic rings. The number of nitrogens with zero attached hydrogens (tertiary/aromatic N) is 2. The van der Waals surface area contributed by atoms with Crippen molar-refractivity contribution >= 4 is 0 Å². The van der Waals surface area contributed by atoms with Gasteiger partial charge in [0, 0.05) is 19.2 Å². The molecule has 16 heavy (non-hydrogen) atoms. The van der Waals surface area contributed by atoms with Crippen LogP contribution in [0.1, 0.15) is 39.1 Å². The normalized spacial score (nSPS) is 15.4. The minimum Gasteiger partial charge on any atom is -0.392 e. The van der Waals surface area contributed by atoms with Crippen LogP contribution < -0.4 is 0 Å². The Hall–Kier alpha value is -0.830. The second-order valence-corrected chi connectivity index (χ2v) is 4.98. The molecule has 0 spiro atoms. The first kappa shape index (κ1) is 13.2. The molecule has 0 amide bonds. The highest BCUT2D eigenvalue weighted by Gasteiger charge is 2.19. The van der Waals surface area contributed by atoms with Crippen LogP contribution in [0.5, 0.6) is 0 Å². The molecule has 92 valence electrons. The highest BCUT2D eigenvalue weighted by Crippen LogP contribution is 2.18. The number of aliphatic hydroxyl groups is 1. The molecule has 0 bridgehead atoms. The number of aromatic nitrogens is 2. The lowest BCUT2D eigenvalue weighted by Gasteiger charge is -2.22. The van der Waals surface area contributed by atoms with E-state index in [1.807, 2.05) is 11.7 Å². The zero-order valence-electron chi connectivity index (χ0n) is 11.1. The van der Waals surface area contributed by atoms with Gasteiger partial charge in [-0.2, -0.15) is 5.10 Å². The van der Waals surface area contributed by atoms with Crippen LogP contribution in [0.3, 0.4) is 0 Å². The van der Waals surface area contributed by atoms with Crippen molar-refractivity contribution in [3.05, 3.63) is 17.5 Å². The molecule has 0 aliphatic rings. The topological polar surface area (TPSA) is 38.0 Å². The second-order valence-electron chi connectivity index (χ2n) is 4.98. The van der Waals surface area contributed by atoms with Crippen molar-refractivity contribution < 1.29 is 5.11 Å². The third-order valence-electron chi connectivity index (χ3n) is 3.47. The first-order chi connectivity index (χ1) is 7.45. The SMILES string of the molecule is CCc1cc(CC(O)C(C)C(C)C)n(C)n1. The lowest BCUT2D eigenvalue weighted by Crippen LogP contribution is -2.25. The third kappa shape index (κ3) is 3.08. The van der Waals surface area contributed by atoms with Gasteiger partial charge in [-0.15, -0.1) is 0 Å². The Kier molecular flexibility index (Phi) is 4.54. The fraction of sp³-hybridized carbons (Fsp3) is 0.769. The average Bonchev–Trinajstić information content (AvgIpc) is 2.58. The van der Waals surface area contributed by atoms with Crippen LogP contribution >= 0.6 is 0 Å². The van der Waals surface area contributed by atoms with Crippen molar-refractivity contribution in [2.45, 2.75) is 46.6 Å². The van der Waals surface area contributed by atoms with E-state index >= 15 is 0 Å². The van der Waals surface area contributed by atoms with E-state index in [9.17, 15) is 5.11 Å². The monoisotopic (exact) mass is 224 g/mol. The summed E-state index contributed by atoms with van der Waals surface area (Å²) in [7, 11) is 1.95. The predicted molar refractivity (Wildman–Crippen MR) is 66.3 cm³/mol. The summed E-state index contributed by atoms with van der Waals surface area (Å²) in [4.78, 5) is 0. The maximum Gasteiger partial charge on any atom is 0.0624 e. The number of aryl methyl sites for hydroxylation is 2. The Morgan fingerprint density at radius 1 is 1.38 bits per heavy atom. The van der Waals surface area contributed by atoms with Gasteiger partial charge >= 0.3 is 0 Å². The van der Waals surface area contributed by atoms with Gasteiger partial charge < -0.3 is 5.11 Å². The highest BCUT2D eigenvalue weighted by molar-refractivity contribution is 5.11. The van der Waals surface area contributed by atoms with Crippen LogP contribution in [-0.4, -0.2) is 21.0 Å². The van der Waals surface area contributed by atoms with Crippen LogP contribution in [0.15, 0.2) is 6.07 Å². The van der Waals surface area contributed by atoms with Crippen LogP contribution in [0.4, 0.5) is 0 Å². The zero-order chi connectivity index (χ0) is 12.3. The van der Waals surface area contributed by atoms with E-state index in [1.165, 1.54) is 0 Å². The molecule has 1 N–H and O–H groups in total. The fourth-order valence-electron chi connectivity index (χ4n) is 1.78. The van der Waals surface area contributed by atoms with Gasteiger partial charge in [0.2, 0.25) is 0 Å². The summed E-state index contributed by atoms with van der Waals surface area (Å²) in [6.07, 6.45) is 1.37. The predicted octanol–water partition coefficient (Wildman–Crippen LogP) is 2.18. The molecular weight excluding hydrogens is 200 g/mol. The van der Waals surface area contributed by atoms with E-state index < -0.39 is 0 Å². The first-order valence-electron chi connectivity index (χ1n) is 6.15. The lowest BCUT2D eigenvalue weighted by atomic mass is 9.90. The summed E-state index contributed by atoms with van der Waals surface area (Å²) in [6, 6.07) is 2.09. The van der Waals surface area contributed by atoms with Crippen molar-refractivity contribution in [1.82, 2.24) is 9.78 Å². The molecule has 1 aromatic heterocycles. The second kappa shape index (κ2) is 5.48. The van der Waals surface area contributed by atoms with Crippen LogP contribution in [0.2, 0.25) is 0 Å². The van der Waals surface area contributed by atoms with Gasteiger partial charge in [0.15, 0.2) is 0 Å². The van der Waals surface area contributed by atoms with E-state index in [0.717, 1.165) is 17.8 Å². The Balaban J connectivity index is 2.68. The minimum atomic E-state index is -0.278. The van der Waals surface area contributed by atoms with E-state index in [2.05, 4.69) is 38.9 Å². The Morgan fingerprint density at radius 3 is 2.44 bits per heavy atom. The molecule has 2 unspecified atom stereocenters. The largest absolute Gasteiger partial charge is 0.392 e. The van der Waals surface area contributed by atoms with Gasteiger partial charge in [-0.3, -0.25) is 4.68 Å². The average molecular weight is 224 g/mol. The summed E-state index contributed by atoms with van der Waals surface area (Å²) >= 11 is 0. The van der Waals surface area contributed by atoms with Crippen molar-refractivity contribution in [2.75, 3.05) is 0 Å². The smallest absolute Gasteiger partial charge is 0.0624 e. The summed E-state index contributed by atoms with van der Waals surface area (Å²) < 4.78 is 1.88. The molecule has 0 saturated heterocycles. The lowest BCUT2D eigenvalue weighted by molar-refractivity contribution is 0.0904. The molecule has 1 rings (SSSR count). The molecule has 1 heterocycles. The molecule has 0 aliphatic heterocycles. The first-order valence-corrected chi connectivity index (χ1v) is 6.15. The highest BCUT2D eigenvalue weighted by atomic mass is 16.3. The van der Waals surface area contributed by atoms with E-state index in [1.54, 1.807) is 0 Å². The molecule has 2 atom stereocenters. The quantitative estimate of drug-likeness (QED) is 0.832. The molecular formula is C13H24N2O. The third-order valence-corrected chi connectivity index (χ3v) is 3.47. The molecule has 0 radical (unpaired) electrons. The minimum absolute atomic E-state index is 0.278. The molecule has 0 fully saturated rings. The van der Waals surface area contributed by atoms with E-state index in [-0.39, 0.29) is 6.10 Å². The summed E-state index contributed by atoms with van der Waals surface area (Å²) in [5.41, 5.74) is 2.22. The van der Waals surface area contributed by atoms with Gasteiger partial charge in [-0.05, 0) is 24.3 Å². The van der Waals surface area contributed by atoms with Crippen LogP contribution in [0.25, 0.3) is 0 Å². The standard InChI is InChI=1S/C13H24N2O/c1-6-11-7-12(15(5)14-11)8-13(16)10(4)9(2)3/h7,9-10,13,16H,6,8H2,1-5H3. The van der Waals surface area contributed by atoms with E-state index in [0.29, 0.717) is 18.3 Å². The van der Waals surface area contributed by atoms with Gasteiger partial charge in [0.25, 0.3) is 0 Å². The van der Waals surface area contributed by atoms with Gasteiger partial charge in [0.05, 0.1) is 11.8 Å². The molecule has 0 saturated carbocycles. The number of rotatable bonds is 5. The zero-order valence-corrected chi connectivity index (χ0v) is 11.1. The maximum atomic E-state index is 10.1. The number of hydrogen-bond donors (Lipinski definition) is 1. The van der Waals surface area contributed by atoms with Crippen LogP contribution in [0, 0.1) is 11.8 Å². The number of hydrogen-bond acceptors (Lipinski definition) is 2. The Bertz CT molecular complexity index is 331. The van der Waals surface area contributed by atoms with Crippen molar-refractivity contribution in [3.63, 3.8) is 0 Å². The van der Waals surface area contributed by atoms with Gasteiger partial charge in [-0.1, -0.05) is 27.7 Å². The van der Waals surface area contributed by atoms with Crippen molar-refractivity contribution in [3.8, 4) is 0 Å². The summed E-state index contributed by atoms with van der Waals surface area (Å²) in [5, 5.41) is 14.5. The van der Waals surface area contributed by atoms with Crippen molar-refractivity contribution in [2.24, 2.45) is 18.9 Å². The molecule has 3 nitrogen and oxygen atoms in total. The summed E-state index contributed by atoms with van der Waals surface area (Å²) in [5.74, 6) is 0.828. The fourth-order valence-corrected chi connectivity index (χ4v) is 1.78. The van der Waals surface area contributed by atoms with Crippen molar-refractivity contribution in [1.29, 1.82) is 0 Å². The molecule has 3 heteroatoms. The van der Waals surface area contributed by atoms with Crippen LogP contribution in [-0.2, 0) is 19.9 Å². The van der Waals surface area contributed by atoms with E-state index in [4.69, 9.17) is 0 Å².